The van der Waals surface area contributed by atoms with Gasteiger partial charge in [-0.25, -0.2) is 4.79 Å². The van der Waals surface area contributed by atoms with Gasteiger partial charge in [0.1, 0.15) is 19.3 Å². The number of hydrogen-bond donors (Lipinski definition) is 1. The predicted octanol–water partition coefficient (Wildman–Crippen LogP) is 5.46. The number of carbonyl (C=O) groups is 3. The Hall–Kier alpha value is -2.93. The lowest BCUT2D eigenvalue weighted by atomic mass is 9.46. The second-order valence-electron chi connectivity index (χ2n) is 12.1. The Labute approximate surface area is 232 Å². The summed E-state index contributed by atoms with van der Waals surface area (Å²) < 4.78 is 16.8. The summed E-state index contributed by atoms with van der Waals surface area (Å²) in [6, 6.07) is 10.0. The number of fused-ring (bicyclic) bond motifs is 1. The number of esters is 3. The molecule has 0 spiro atoms. The van der Waals surface area contributed by atoms with E-state index in [1.807, 2.05) is 24.3 Å². The third-order valence-corrected chi connectivity index (χ3v) is 9.56. The van der Waals surface area contributed by atoms with Crippen LogP contribution in [-0.4, -0.2) is 43.3 Å². The molecule has 0 aromatic heterocycles. The smallest absolute Gasteiger partial charge is 0.335 e. The largest absolute Gasteiger partial charge is 0.465 e. The van der Waals surface area contributed by atoms with Crippen LogP contribution in [0.4, 0.5) is 0 Å². The van der Waals surface area contributed by atoms with Gasteiger partial charge in [-0.1, -0.05) is 56.3 Å². The summed E-state index contributed by atoms with van der Waals surface area (Å²) >= 11 is 0. The van der Waals surface area contributed by atoms with Gasteiger partial charge in [0.25, 0.3) is 0 Å². The van der Waals surface area contributed by atoms with Gasteiger partial charge in [0.2, 0.25) is 0 Å². The lowest BCUT2D eigenvalue weighted by Crippen LogP contribution is -2.59. The first-order chi connectivity index (χ1) is 18.5. The Morgan fingerprint density at radius 3 is 2.49 bits per heavy atom. The zero-order valence-electron chi connectivity index (χ0n) is 24.0. The van der Waals surface area contributed by atoms with Crippen molar-refractivity contribution in [1.29, 1.82) is 0 Å². The normalized spacial score (nSPS) is 31.9. The summed E-state index contributed by atoms with van der Waals surface area (Å²) in [6.07, 6.45) is 5.50. The molecule has 2 aliphatic carbocycles. The van der Waals surface area contributed by atoms with Crippen LogP contribution in [0, 0.1) is 22.7 Å². The number of hydrogen-bond acceptors (Lipinski definition) is 7. The van der Waals surface area contributed by atoms with E-state index in [2.05, 4.69) is 44.8 Å². The molecule has 0 bridgehead atoms. The van der Waals surface area contributed by atoms with Crippen molar-refractivity contribution in [2.75, 3.05) is 13.2 Å². The van der Waals surface area contributed by atoms with Gasteiger partial charge < -0.3 is 19.5 Å². The minimum atomic E-state index is -0.533. The van der Waals surface area contributed by atoms with Crippen LogP contribution in [0.2, 0.25) is 0 Å². The highest BCUT2D eigenvalue weighted by Crippen LogP contribution is 2.62. The second-order valence-corrected chi connectivity index (χ2v) is 12.1. The molecule has 0 saturated heterocycles. The Bertz CT molecular complexity index is 1130. The molecule has 1 aliphatic heterocycles. The number of nitrogens with one attached hydrogen (secondary N) is 1. The van der Waals surface area contributed by atoms with Crippen molar-refractivity contribution >= 4 is 17.9 Å². The van der Waals surface area contributed by atoms with Crippen molar-refractivity contribution in [2.45, 2.75) is 84.9 Å². The zero-order chi connectivity index (χ0) is 28.4. The summed E-state index contributed by atoms with van der Waals surface area (Å²) in [4.78, 5) is 36.7. The third-order valence-electron chi connectivity index (χ3n) is 9.56. The van der Waals surface area contributed by atoms with Gasteiger partial charge in [0.15, 0.2) is 0 Å². The van der Waals surface area contributed by atoms with Gasteiger partial charge in [-0.3, -0.25) is 9.59 Å². The van der Waals surface area contributed by atoms with Crippen molar-refractivity contribution in [1.82, 2.24) is 5.32 Å². The summed E-state index contributed by atoms with van der Waals surface area (Å²) in [7, 11) is 0. The fraction of sp³-hybridized carbons (Fsp3) is 0.594. The molecule has 7 heteroatoms. The highest BCUT2D eigenvalue weighted by Gasteiger charge is 2.60. The Balaban J connectivity index is 1.66. The molecule has 2 fully saturated rings. The molecule has 0 radical (unpaired) electrons. The van der Waals surface area contributed by atoms with Crippen LogP contribution in [-0.2, 0) is 28.6 Å². The average Bonchev–Trinajstić information content (AvgIpc) is 3.32. The minimum absolute atomic E-state index is 0.0277. The maximum atomic E-state index is 12.8. The van der Waals surface area contributed by atoms with Crippen LogP contribution in [0.15, 0.2) is 54.1 Å². The Morgan fingerprint density at radius 1 is 1.15 bits per heavy atom. The summed E-state index contributed by atoms with van der Waals surface area (Å²) in [5, 5.41) is 3.73. The molecular weight excluding hydrogens is 494 g/mol. The number of ether oxygens (including phenoxy) is 3. The maximum Gasteiger partial charge on any atom is 0.335 e. The number of carbonyl (C=O) groups excluding carboxylic acids is 3. The molecule has 7 nitrogen and oxygen atoms in total. The van der Waals surface area contributed by atoms with E-state index in [0.717, 1.165) is 24.8 Å². The van der Waals surface area contributed by atoms with Crippen molar-refractivity contribution in [2.24, 2.45) is 22.7 Å². The predicted molar refractivity (Wildman–Crippen MR) is 148 cm³/mol. The molecule has 0 amide bonds. The quantitative estimate of drug-likeness (QED) is 0.254. The number of rotatable bonds is 9. The van der Waals surface area contributed by atoms with E-state index in [4.69, 9.17) is 14.2 Å². The molecule has 1 heterocycles. The molecule has 3 unspecified atom stereocenters. The molecule has 212 valence electrons. The maximum absolute atomic E-state index is 12.8. The van der Waals surface area contributed by atoms with Crippen molar-refractivity contribution < 1.29 is 28.6 Å². The van der Waals surface area contributed by atoms with Gasteiger partial charge in [0, 0.05) is 31.3 Å². The van der Waals surface area contributed by atoms with Gasteiger partial charge in [-0.15, -0.1) is 0 Å². The standard InChI is InChI=1S/C32H43NO6/c1-20-12-13-28-31(5,16-14-29(39-23(4)35)32(28,6)19-38-22(3)34)26(20)18-27(25-15-17-37-30(25)36)33-21(2)24-10-8-7-9-11-24/h7-11,15,21,26-29,33H,1,12-14,16-19H2,2-6H3/t21?,26-,27?,28?,29-,31+,32+/m1/s1. The molecule has 7 atom stereocenters. The first-order valence-electron chi connectivity index (χ1n) is 14.1. The highest BCUT2D eigenvalue weighted by molar-refractivity contribution is 5.91. The van der Waals surface area contributed by atoms with E-state index in [0.29, 0.717) is 25.0 Å². The van der Waals surface area contributed by atoms with E-state index in [9.17, 15) is 14.4 Å². The number of allylic oxidation sites excluding steroid dienone is 1. The number of benzene rings is 1. The highest BCUT2D eigenvalue weighted by atomic mass is 16.6. The molecule has 1 aromatic carbocycles. The monoisotopic (exact) mass is 537 g/mol. The van der Waals surface area contributed by atoms with E-state index in [-0.39, 0.29) is 60.0 Å². The van der Waals surface area contributed by atoms with Crippen molar-refractivity contribution in [3.8, 4) is 0 Å². The first-order valence-corrected chi connectivity index (χ1v) is 14.1. The van der Waals surface area contributed by atoms with Gasteiger partial charge >= 0.3 is 17.9 Å². The van der Waals surface area contributed by atoms with Gasteiger partial charge in [-0.2, -0.15) is 0 Å². The van der Waals surface area contributed by atoms with Crippen LogP contribution in [0.25, 0.3) is 0 Å². The van der Waals surface area contributed by atoms with E-state index < -0.39 is 5.41 Å². The summed E-state index contributed by atoms with van der Waals surface area (Å²) in [6.45, 7) is 14.4. The van der Waals surface area contributed by atoms with Crippen LogP contribution < -0.4 is 5.32 Å². The van der Waals surface area contributed by atoms with E-state index in [1.54, 1.807) is 0 Å². The fourth-order valence-electron chi connectivity index (χ4n) is 7.57. The van der Waals surface area contributed by atoms with Crippen LogP contribution in [0.3, 0.4) is 0 Å². The van der Waals surface area contributed by atoms with Crippen LogP contribution in [0.1, 0.15) is 78.3 Å². The molecule has 1 N–H and O–H groups in total. The van der Waals surface area contributed by atoms with Crippen LogP contribution in [0.5, 0.6) is 0 Å². The van der Waals surface area contributed by atoms with E-state index in [1.165, 1.54) is 19.4 Å². The summed E-state index contributed by atoms with van der Waals surface area (Å²) in [5.41, 5.74) is 2.29. The lowest BCUT2D eigenvalue weighted by molar-refractivity contribution is -0.191. The SMILES string of the molecule is C=C1CCC2[C@](C)(COC(C)=O)[C@H](OC(C)=O)CC[C@@]2(C)[C@@H]1CC(NC(C)c1ccccc1)C1=CCOC1=O. The third kappa shape index (κ3) is 5.98. The van der Waals surface area contributed by atoms with Crippen molar-refractivity contribution in [3.63, 3.8) is 0 Å². The summed E-state index contributed by atoms with van der Waals surface area (Å²) in [5.74, 6) is -0.683. The minimum Gasteiger partial charge on any atom is -0.465 e. The van der Waals surface area contributed by atoms with Crippen molar-refractivity contribution in [3.05, 3.63) is 59.7 Å². The van der Waals surface area contributed by atoms with Crippen LogP contribution >= 0.6 is 0 Å². The Morgan fingerprint density at radius 2 is 1.87 bits per heavy atom. The molecule has 39 heavy (non-hydrogen) atoms. The molecule has 3 aliphatic rings. The van der Waals surface area contributed by atoms with Gasteiger partial charge in [0.05, 0.1) is 5.57 Å². The average molecular weight is 538 g/mol. The molecule has 2 saturated carbocycles. The Kier molecular flexibility index (Phi) is 8.69. The first kappa shape index (κ1) is 29.1. The topological polar surface area (TPSA) is 90.9 Å². The lowest BCUT2D eigenvalue weighted by Gasteiger charge is -2.60. The fourth-order valence-corrected chi connectivity index (χ4v) is 7.57. The zero-order valence-corrected chi connectivity index (χ0v) is 24.0. The van der Waals surface area contributed by atoms with Gasteiger partial charge in [-0.05, 0) is 67.9 Å². The molecular formula is C32H43NO6. The molecule has 1 aromatic rings. The molecule has 4 rings (SSSR count). The number of cyclic esters (lactones) is 1. The second kappa shape index (κ2) is 11.7. The van der Waals surface area contributed by atoms with E-state index >= 15 is 0 Å².